The van der Waals surface area contributed by atoms with Crippen molar-refractivity contribution >= 4 is 23.1 Å². The van der Waals surface area contributed by atoms with Crippen LogP contribution in [0.1, 0.15) is 40.0 Å². The zero-order chi connectivity index (χ0) is 28.2. The second kappa shape index (κ2) is 11.4. The first-order valence-electron chi connectivity index (χ1n) is 12.9. The number of fused-ring (bicyclic) bond motifs is 1. The monoisotopic (exact) mass is 540 g/mol. The molecule has 1 aliphatic rings. The zero-order valence-electron chi connectivity index (χ0n) is 23.1. The Hall–Kier alpha value is -4.92. The Labute approximate surface area is 233 Å². The van der Waals surface area contributed by atoms with Gasteiger partial charge in [-0.15, -0.1) is 0 Å². The Kier molecular flexibility index (Phi) is 7.63. The van der Waals surface area contributed by atoms with Crippen LogP contribution in [0.25, 0.3) is 5.70 Å². The van der Waals surface area contributed by atoms with Crippen molar-refractivity contribution in [2.24, 2.45) is 0 Å². The lowest BCUT2D eigenvalue weighted by Gasteiger charge is -2.28. The number of nitrogens with zero attached hydrogens (tertiary/aromatic N) is 2. The summed E-state index contributed by atoms with van der Waals surface area (Å²) in [5.41, 5.74) is 4.81. The number of aromatic nitrogens is 2. The number of methoxy groups -OCH3 is 3. The van der Waals surface area contributed by atoms with Gasteiger partial charge in [-0.2, -0.15) is 5.10 Å². The Morgan fingerprint density at radius 2 is 1.62 bits per heavy atom. The molecule has 1 aliphatic heterocycles. The molecule has 1 amide bonds. The summed E-state index contributed by atoms with van der Waals surface area (Å²) in [5.74, 6) is 2.72. The van der Waals surface area contributed by atoms with E-state index in [0.29, 0.717) is 40.9 Å². The number of nitrogens with one attached hydrogen (secondary N) is 2. The Bertz CT molecular complexity index is 1540. The first-order valence-corrected chi connectivity index (χ1v) is 12.9. The van der Waals surface area contributed by atoms with E-state index in [1.165, 1.54) is 0 Å². The molecule has 40 heavy (non-hydrogen) atoms. The van der Waals surface area contributed by atoms with Gasteiger partial charge in [-0.05, 0) is 55.8 Å². The van der Waals surface area contributed by atoms with Crippen LogP contribution < -0.4 is 29.6 Å². The molecule has 0 saturated carbocycles. The van der Waals surface area contributed by atoms with E-state index in [1.807, 2.05) is 44.2 Å². The van der Waals surface area contributed by atoms with Gasteiger partial charge in [-0.25, -0.2) is 4.68 Å². The van der Waals surface area contributed by atoms with E-state index in [2.05, 4.69) is 33.9 Å². The molecule has 0 radical (unpaired) electrons. The molecule has 206 valence electrons. The minimum Gasteiger partial charge on any atom is -0.496 e. The van der Waals surface area contributed by atoms with Crippen molar-refractivity contribution < 1.29 is 23.7 Å². The van der Waals surface area contributed by atoms with Gasteiger partial charge in [0.15, 0.2) is 11.5 Å². The van der Waals surface area contributed by atoms with Crippen LogP contribution in [-0.4, -0.2) is 43.6 Å². The molecule has 9 nitrogen and oxygen atoms in total. The van der Waals surface area contributed by atoms with Crippen molar-refractivity contribution in [3.8, 4) is 23.0 Å². The molecule has 0 unspecified atom stereocenters. The maximum atomic E-state index is 13.5. The first kappa shape index (κ1) is 26.7. The normalized spacial score (nSPS) is 13.9. The van der Waals surface area contributed by atoms with Gasteiger partial charge in [0.1, 0.15) is 28.9 Å². The number of carbonyl (C=O) groups excluding carboxylic acids is 1. The fourth-order valence-corrected chi connectivity index (χ4v) is 4.67. The maximum Gasteiger partial charge on any atom is 0.261 e. The number of allylic oxidation sites excluding steroid dienone is 1. The summed E-state index contributed by atoms with van der Waals surface area (Å²) in [5, 5.41) is 11.0. The number of carbonyl (C=O) groups is 1. The number of hydrogen-bond acceptors (Lipinski definition) is 7. The largest absolute Gasteiger partial charge is 0.496 e. The minimum atomic E-state index is -0.408. The van der Waals surface area contributed by atoms with Gasteiger partial charge in [0, 0.05) is 23.0 Å². The lowest BCUT2D eigenvalue weighted by molar-refractivity contribution is 0.102. The molecule has 0 bridgehead atoms. The van der Waals surface area contributed by atoms with Crippen molar-refractivity contribution in [3.05, 3.63) is 95.2 Å². The van der Waals surface area contributed by atoms with E-state index in [-0.39, 0.29) is 5.91 Å². The van der Waals surface area contributed by atoms with Gasteiger partial charge in [0.2, 0.25) is 0 Å². The van der Waals surface area contributed by atoms with Crippen LogP contribution in [-0.2, 0) is 0 Å². The Balaban J connectivity index is 1.58. The second-order valence-corrected chi connectivity index (χ2v) is 9.23. The van der Waals surface area contributed by atoms with Gasteiger partial charge in [-0.1, -0.05) is 29.8 Å². The molecule has 1 aromatic heterocycles. The summed E-state index contributed by atoms with van der Waals surface area (Å²) in [7, 11) is 4.78. The van der Waals surface area contributed by atoms with Gasteiger partial charge in [0.05, 0.1) is 34.1 Å². The summed E-state index contributed by atoms with van der Waals surface area (Å²) in [6.07, 6.45) is 3.63. The summed E-state index contributed by atoms with van der Waals surface area (Å²) in [6.45, 7) is 4.54. The minimum absolute atomic E-state index is 0.291. The van der Waals surface area contributed by atoms with Crippen molar-refractivity contribution in [1.82, 2.24) is 9.78 Å². The SMILES string of the molecule is CCOc1ccc(NC(=O)c2cnn3c2NC(c2ccc(C)cc2)=C[C@@H]3c2cc(OC)c(OC)cc2OC)cc1. The number of benzene rings is 3. The fraction of sp³-hybridized carbons (Fsp3) is 0.226. The van der Waals surface area contributed by atoms with E-state index in [9.17, 15) is 4.79 Å². The van der Waals surface area contributed by atoms with Crippen LogP contribution >= 0.6 is 0 Å². The highest BCUT2D eigenvalue weighted by molar-refractivity contribution is 6.08. The number of rotatable bonds is 9. The topological polar surface area (TPSA) is 95.9 Å². The second-order valence-electron chi connectivity index (χ2n) is 9.23. The van der Waals surface area contributed by atoms with Crippen LogP contribution in [0.2, 0.25) is 0 Å². The van der Waals surface area contributed by atoms with Crippen LogP contribution in [0, 0.1) is 6.92 Å². The third-order valence-corrected chi connectivity index (χ3v) is 6.72. The predicted octanol–water partition coefficient (Wildman–Crippen LogP) is 5.92. The molecule has 2 N–H and O–H groups in total. The van der Waals surface area contributed by atoms with Gasteiger partial charge in [0.25, 0.3) is 5.91 Å². The van der Waals surface area contributed by atoms with Gasteiger partial charge in [-0.3, -0.25) is 4.79 Å². The molecule has 5 rings (SSSR count). The van der Waals surface area contributed by atoms with Crippen LogP contribution in [0.15, 0.2) is 72.9 Å². The number of ether oxygens (including phenoxy) is 4. The van der Waals surface area contributed by atoms with Crippen molar-refractivity contribution in [1.29, 1.82) is 0 Å². The molecule has 4 aromatic rings. The van der Waals surface area contributed by atoms with Crippen LogP contribution in [0.5, 0.6) is 23.0 Å². The van der Waals surface area contributed by atoms with E-state index >= 15 is 0 Å². The molecule has 0 fully saturated rings. The molecule has 0 aliphatic carbocycles. The lowest BCUT2D eigenvalue weighted by Crippen LogP contribution is -2.22. The van der Waals surface area contributed by atoms with Crippen molar-refractivity contribution in [3.63, 3.8) is 0 Å². The average Bonchev–Trinajstić information content (AvgIpc) is 3.42. The third kappa shape index (κ3) is 5.18. The zero-order valence-corrected chi connectivity index (χ0v) is 23.1. The quantitative estimate of drug-likeness (QED) is 0.272. The predicted molar refractivity (Wildman–Crippen MR) is 155 cm³/mol. The molecular formula is C31H32N4O5. The van der Waals surface area contributed by atoms with Crippen molar-refractivity contribution in [2.45, 2.75) is 19.9 Å². The smallest absolute Gasteiger partial charge is 0.261 e. The Morgan fingerprint density at radius 3 is 2.27 bits per heavy atom. The van der Waals surface area contributed by atoms with Crippen LogP contribution in [0.4, 0.5) is 11.5 Å². The molecule has 0 spiro atoms. The van der Waals surface area contributed by atoms with E-state index in [1.54, 1.807) is 50.4 Å². The summed E-state index contributed by atoms with van der Waals surface area (Å²) in [6, 6.07) is 18.7. The van der Waals surface area contributed by atoms with E-state index in [4.69, 9.17) is 18.9 Å². The van der Waals surface area contributed by atoms with Gasteiger partial charge < -0.3 is 29.6 Å². The average molecular weight is 541 g/mol. The summed E-state index contributed by atoms with van der Waals surface area (Å²) >= 11 is 0. The number of hydrogen-bond donors (Lipinski definition) is 2. The summed E-state index contributed by atoms with van der Waals surface area (Å²) < 4.78 is 24.1. The van der Waals surface area contributed by atoms with Crippen LogP contribution in [0.3, 0.4) is 0 Å². The molecule has 0 saturated heterocycles. The maximum absolute atomic E-state index is 13.5. The molecule has 3 aromatic carbocycles. The first-order chi connectivity index (χ1) is 19.4. The van der Waals surface area contributed by atoms with E-state index < -0.39 is 6.04 Å². The third-order valence-electron chi connectivity index (χ3n) is 6.72. The number of amides is 1. The van der Waals surface area contributed by atoms with Gasteiger partial charge >= 0.3 is 0 Å². The van der Waals surface area contributed by atoms with E-state index in [0.717, 1.165) is 28.1 Å². The molecule has 2 heterocycles. The highest BCUT2D eigenvalue weighted by Crippen LogP contribution is 2.43. The highest BCUT2D eigenvalue weighted by atomic mass is 16.5. The molecular weight excluding hydrogens is 508 g/mol. The number of aryl methyl sites for hydroxylation is 1. The standard InChI is InChI=1S/C31H32N4O5/c1-6-40-22-13-11-21(12-14-22)33-31(36)24-18-32-35-26(23-15-28(38-4)29(39-5)17-27(23)37-3)16-25(34-30(24)35)20-9-7-19(2)8-10-20/h7-18,26,34H,6H2,1-5H3,(H,33,36)/t26-/m1/s1. The fourth-order valence-electron chi connectivity index (χ4n) is 4.67. The van der Waals surface area contributed by atoms with Crippen molar-refractivity contribution in [2.75, 3.05) is 38.6 Å². The lowest BCUT2D eigenvalue weighted by atomic mass is 9.99. The molecule has 1 atom stereocenters. The molecule has 9 heteroatoms. The summed E-state index contributed by atoms with van der Waals surface area (Å²) in [4.78, 5) is 13.5. The Morgan fingerprint density at radius 1 is 0.950 bits per heavy atom. The highest BCUT2D eigenvalue weighted by Gasteiger charge is 2.30. The number of anilines is 2.